The lowest BCUT2D eigenvalue weighted by Crippen LogP contribution is -2.28. The largest absolute Gasteiger partial charge is 0.376 e. The molecule has 2 aliphatic heterocycles. The number of nitro benzene ring substituents is 1. The number of hydrogen-bond donors (Lipinski definition) is 1. The maximum absolute atomic E-state index is 13.1. The lowest BCUT2D eigenvalue weighted by Gasteiger charge is -2.18. The van der Waals surface area contributed by atoms with Gasteiger partial charge in [0.15, 0.2) is 0 Å². The second-order valence-corrected chi connectivity index (χ2v) is 9.17. The molecule has 0 amide bonds. The first-order chi connectivity index (χ1) is 13.9. The van der Waals surface area contributed by atoms with Crippen LogP contribution in [-0.2, 0) is 21.3 Å². The second kappa shape index (κ2) is 8.09. The third-order valence-corrected chi connectivity index (χ3v) is 7.12. The molecule has 2 saturated heterocycles. The van der Waals surface area contributed by atoms with Gasteiger partial charge < -0.3 is 10.1 Å². The molecule has 4 rings (SSSR count). The Morgan fingerprint density at radius 2 is 2.07 bits per heavy atom. The van der Waals surface area contributed by atoms with E-state index in [0.717, 1.165) is 38.4 Å². The normalized spacial score (nSPS) is 20.2. The molecule has 2 fully saturated rings. The fourth-order valence-electron chi connectivity index (χ4n) is 3.69. The van der Waals surface area contributed by atoms with Crippen LogP contribution in [0.25, 0.3) is 0 Å². The van der Waals surface area contributed by atoms with Crippen LogP contribution in [-0.4, -0.2) is 53.2 Å². The van der Waals surface area contributed by atoms with Gasteiger partial charge in [-0.25, -0.2) is 8.42 Å². The van der Waals surface area contributed by atoms with Gasteiger partial charge in [-0.2, -0.15) is 9.40 Å². The van der Waals surface area contributed by atoms with Gasteiger partial charge >= 0.3 is 0 Å². The molecule has 1 aromatic carbocycles. The highest BCUT2D eigenvalue weighted by Gasteiger charge is 2.31. The van der Waals surface area contributed by atoms with Gasteiger partial charge in [0.25, 0.3) is 5.69 Å². The average molecular weight is 421 g/mol. The Morgan fingerprint density at radius 3 is 2.76 bits per heavy atom. The van der Waals surface area contributed by atoms with Crippen molar-refractivity contribution in [1.82, 2.24) is 14.1 Å². The predicted octanol–water partition coefficient (Wildman–Crippen LogP) is 2.50. The van der Waals surface area contributed by atoms with E-state index in [9.17, 15) is 18.5 Å². The topological polar surface area (TPSA) is 120 Å². The molecule has 0 saturated carbocycles. The summed E-state index contributed by atoms with van der Waals surface area (Å²) in [6, 6.07) is 3.84. The third kappa shape index (κ3) is 4.26. The highest BCUT2D eigenvalue weighted by molar-refractivity contribution is 7.89. The SMILES string of the molecule is O=[N+]([O-])c1ccc(Nc2cnn(CC3CCCO3)c2)c(S(=O)(=O)N2CCCC2)c1. The number of rotatable bonds is 7. The summed E-state index contributed by atoms with van der Waals surface area (Å²) in [6.07, 6.45) is 7.10. The molecule has 1 unspecified atom stereocenters. The summed E-state index contributed by atoms with van der Waals surface area (Å²) in [5.41, 5.74) is 0.635. The number of nitrogens with zero attached hydrogens (tertiary/aromatic N) is 4. The molecule has 2 aromatic rings. The predicted molar refractivity (Wildman–Crippen MR) is 106 cm³/mol. The number of hydrogen-bond acceptors (Lipinski definition) is 7. The summed E-state index contributed by atoms with van der Waals surface area (Å²) in [5.74, 6) is 0. The molecule has 10 nitrogen and oxygen atoms in total. The standard InChI is InChI=1S/C18H23N5O5S/c24-23(25)15-5-6-17(18(10-15)29(26,27)22-7-1-2-8-22)20-14-11-19-21(12-14)13-16-4-3-9-28-16/h5-6,10-12,16,20H,1-4,7-9,13H2. The molecule has 156 valence electrons. The molecule has 29 heavy (non-hydrogen) atoms. The Balaban J connectivity index is 1.61. The number of sulfonamides is 1. The van der Waals surface area contributed by atoms with E-state index in [-0.39, 0.29) is 16.7 Å². The molecule has 0 bridgehead atoms. The Labute approximate surface area is 168 Å². The van der Waals surface area contributed by atoms with Crippen molar-refractivity contribution in [2.24, 2.45) is 0 Å². The van der Waals surface area contributed by atoms with Crippen LogP contribution in [0.2, 0.25) is 0 Å². The first-order valence-corrected chi connectivity index (χ1v) is 11.1. The number of benzene rings is 1. The molecule has 0 aliphatic carbocycles. The van der Waals surface area contributed by atoms with E-state index in [0.29, 0.717) is 31.0 Å². The van der Waals surface area contributed by atoms with Gasteiger partial charge in [-0.05, 0) is 31.7 Å². The number of nitro groups is 1. The van der Waals surface area contributed by atoms with Crippen molar-refractivity contribution in [3.8, 4) is 0 Å². The van der Waals surface area contributed by atoms with Crippen LogP contribution < -0.4 is 5.32 Å². The molecule has 0 spiro atoms. The summed E-state index contributed by atoms with van der Waals surface area (Å²) in [4.78, 5) is 10.5. The Morgan fingerprint density at radius 1 is 1.28 bits per heavy atom. The monoisotopic (exact) mass is 421 g/mol. The Hall–Kier alpha value is -2.50. The van der Waals surface area contributed by atoms with Crippen molar-refractivity contribution in [2.45, 2.75) is 43.2 Å². The maximum Gasteiger partial charge on any atom is 0.270 e. The summed E-state index contributed by atoms with van der Waals surface area (Å²) in [7, 11) is -3.84. The van der Waals surface area contributed by atoms with E-state index >= 15 is 0 Å². The van der Waals surface area contributed by atoms with Crippen LogP contribution in [0.15, 0.2) is 35.5 Å². The lowest BCUT2D eigenvalue weighted by atomic mass is 10.2. The number of ether oxygens (including phenoxy) is 1. The molecule has 3 heterocycles. The minimum atomic E-state index is -3.84. The van der Waals surface area contributed by atoms with Gasteiger partial charge in [-0.15, -0.1) is 0 Å². The van der Waals surface area contributed by atoms with Crippen molar-refractivity contribution < 1.29 is 18.1 Å². The van der Waals surface area contributed by atoms with Crippen LogP contribution in [0.4, 0.5) is 17.1 Å². The van der Waals surface area contributed by atoms with Crippen molar-refractivity contribution >= 4 is 27.1 Å². The third-order valence-electron chi connectivity index (χ3n) is 5.19. The fourth-order valence-corrected chi connectivity index (χ4v) is 5.37. The van der Waals surface area contributed by atoms with Crippen molar-refractivity contribution in [2.75, 3.05) is 25.0 Å². The van der Waals surface area contributed by atoms with E-state index in [2.05, 4.69) is 10.4 Å². The molecule has 1 aromatic heterocycles. The quantitative estimate of drug-likeness (QED) is 0.539. The van der Waals surface area contributed by atoms with Crippen molar-refractivity contribution in [1.29, 1.82) is 0 Å². The van der Waals surface area contributed by atoms with Gasteiger partial charge in [-0.3, -0.25) is 14.8 Å². The summed E-state index contributed by atoms with van der Waals surface area (Å²) in [6.45, 7) is 2.23. The van der Waals surface area contributed by atoms with E-state index in [1.54, 1.807) is 17.1 Å². The molecule has 1 N–H and O–H groups in total. The van der Waals surface area contributed by atoms with Crippen LogP contribution >= 0.6 is 0 Å². The summed E-state index contributed by atoms with van der Waals surface area (Å²) in [5, 5.41) is 18.5. The van der Waals surface area contributed by atoms with Gasteiger partial charge in [0.1, 0.15) is 4.90 Å². The number of non-ortho nitro benzene ring substituents is 1. The fraction of sp³-hybridized carbons (Fsp3) is 0.500. The molecule has 1 atom stereocenters. The second-order valence-electron chi connectivity index (χ2n) is 7.26. The van der Waals surface area contributed by atoms with E-state index in [4.69, 9.17) is 4.74 Å². The van der Waals surface area contributed by atoms with Crippen molar-refractivity contribution in [3.05, 3.63) is 40.7 Å². The van der Waals surface area contributed by atoms with Crippen molar-refractivity contribution in [3.63, 3.8) is 0 Å². The van der Waals surface area contributed by atoms with Crippen LogP contribution in [0, 0.1) is 10.1 Å². The molecule has 2 aliphatic rings. The zero-order valence-electron chi connectivity index (χ0n) is 15.9. The van der Waals surface area contributed by atoms with Gasteiger partial charge in [0.05, 0.1) is 35.1 Å². The van der Waals surface area contributed by atoms with Crippen LogP contribution in [0.3, 0.4) is 0 Å². The highest BCUT2D eigenvalue weighted by atomic mass is 32.2. The summed E-state index contributed by atoms with van der Waals surface area (Å²) >= 11 is 0. The van der Waals surface area contributed by atoms with Crippen LogP contribution in [0.1, 0.15) is 25.7 Å². The van der Waals surface area contributed by atoms with Gasteiger partial charge in [0.2, 0.25) is 10.0 Å². The summed E-state index contributed by atoms with van der Waals surface area (Å²) < 4.78 is 34.9. The molecular formula is C18H23N5O5S. The van der Waals surface area contributed by atoms with E-state index in [1.807, 2.05) is 0 Å². The minimum Gasteiger partial charge on any atom is -0.376 e. The first kappa shape index (κ1) is 19.8. The molecule has 0 radical (unpaired) electrons. The Kier molecular flexibility index (Phi) is 5.52. The highest BCUT2D eigenvalue weighted by Crippen LogP contribution is 2.32. The van der Waals surface area contributed by atoms with E-state index < -0.39 is 14.9 Å². The van der Waals surface area contributed by atoms with Gasteiger partial charge in [-0.1, -0.05) is 0 Å². The molecular weight excluding hydrogens is 398 g/mol. The zero-order chi connectivity index (χ0) is 20.4. The maximum atomic E-state index is 13.1. The zero-order valence-corrected chi connectivity index (χ0v) is 16.7. The lowest BCUT2D eigenvalue weighted by molar-refractivity contribution is -0.385. The number of aromatic nitrogens is 2. The molecule has 11 heteroatoms. The number of anilines is 2. The number of nitrogens with one attached hydrogen (secondary N) is 1. The minimum absolute atomic E-state index is 0.0968. The average Bonchev–Trinajstić information content (AvgIpc) is 3.45. The first-order valence-electron chi connectivity index (χ1n) is 9.63. The van der Waals surface area contributed by atoms with Gasteiger partial charge in [0, 0.05) is 38.0 Å². The smallest absolute Gasteiger partial charge is 0.270 e. The van der Waals surface area contributed by atoms with E-state index in [1.165, 1.54) is 16.4 Å². The van der Waals surface area contributed by atoms with Crippen LogP contribution in [0.5, 0.6) is 0 Å². The Bertz CT molecular complexity index is 994.